The minimum atomic E-state index is -3.63. The first-order valence-electron chi connectivity index (χ1n) is 6.50. The lowest BCUT2D eigenvalue weighted by atomic mass is 10.2. The van der Waals surface area contributed by atoms with Crippen LogP contribution in [0, 0.1) is 0 Å². The van der Waals surface area contributed by atoms with Gasteiger partial charge in [-0.2, -0.15) is 0 Å². The molecule has 0 aromatic heterocycles. The van der Waals surface area contributed by atoms with Crippen molar-refractivity contribution >= 4 is 15.7 Å². The zero-order valence-electron chi connectivity index (χ0n) is 11.3. The average molecular weight is 283 g/mol. The molecule has 1 heterocycles. The lowest BCUT2D eigenvalue weighted by molar-refractivity contribution is 0.274. The van der Waals surface area contributed by atoms with E-state index in [0.29, 0.717) is 12.1 Å². The van der Waals surface area contributed by atoms with Crippen LogP contribution >= 0.6 is 0 Å². The van der Waals surface area contributed by atoms with Gasteiger partial charge in [0.15, 0.2) is 0 Å². The zero-order valence-corrected chi connectivity index (χ0v) is 12.2. The van der Waals surface area contributed by atoms with Crippen LogP contribution in [0.5, 0.6) is 0 Å². The van der Waals surface area contributed by atoms with Gasteiger partial charge in [0.2, 0.25) is 10.0 Å². The normalized spacial score (nSPS) is 20.9. The minimum absolute atomic E-state index is 0.149. The van der Waals surface area contributed by atoms with Gasteiger partial charge >= 0.3 is 0 Å². The second kappa shape index (κ2) is 5.48. The van der Waals surface area contributed by atoms with Crippen molar-refractivity contribution in [2.24, 2.45) is 5.14 Å². The Labute approximate surface area is 114 Å². The van der Waals surface area contributed by atoms with Crippen molar-refractivity contribution in [1.29, 1.82) is 0 Å². The highest BCUT2D eigenvalue weighted by atomic mass is 32.2. The predicted molar refractivity (Wildman–Crippen MR) is 76.6 cm³/mol. The molecule has 1 atom stereocenters. The van der Waals surface area contributed by atoms with Crippen molar-refractivity contribution in [2.75, 3.05) is 18.4 Å². The van der Waals surface area contributed by atoms with Crippen LogP contribution in [-0.2, 0) is 10.0 Å². The van der Waals surface area contributed by atoms with Gasteiger partial charge in [-0.25, -0.2) is 13.6 Å². The van der Waals surface area contributed by atoms with Crippen LogP contribution in [0.2, 0.25) is 0 Å². The smallest absolute Gasteiger partial charge is 0.238 e. The molecule has 0 saturated carbocycles. The van der Waals surface area contributed by atoms with Gasteiger partial charge in [-0.1, -0.05) is 6.07 Å². The number of hydrogen-bond donors (Lipinski definition) is 2. The van der Waals surface area contributed by atoms with Gasteiger partial charge in [0.25, 0.3) is 0 Å². The first-order chi connectivity index (χ1) is 8.86. The molecular formula is C13H21N3O2S. The van der Waals surface area contributed by atoms with E-state index >= 15 is 0 Å². The molecule has 19 heavy (non-hydrogen) atoms. The first kappa shape index (κ1) is 14.3. The quantitative estimate of drug-likeness (QED) is 0.871. The van der Waals surface area contributed by atoms with Crippen molar-refractivity contribution in [3.8, 4) is 0 Å². The number of hydrogen-bond acceptors (Lipinski definition) is 4. The van der Waals surface area contributed by atoms with E-state index in [1.807, 2.05) is 6.07 Å². The fourth-order valence-corrected chi connectivity index (χ4v) is 2.93. The Balaban J connectivity index is 2.05. The van der Waals surface area contributed by atoms with Crippen molar-refractivity contribution < 1.29 is 8.42 Å². The Morgan fingerprint density at radius 1 is 1.42 bits per heavy atom. The Bertz CT molecular complexity index is 543. The zero-order chi connectivity index (χ0) is 14.0. The third kappa shape index (κ3) is 3.68. The lowest BCUT2D eigenvalue weighted by Crippen LogP contribution is -2.31. The second-order valence-electron chi connectivity index (χ2n) is 5.29. The van der Waals surface area contributed by atoms with E-state index in [1.54, 1.807) is 12.1 Å². The molecule has 1 unspecified atom stereocenters. The summed E-state index contributed by atoms with van der Waals surface area (Å²) >= 11 is 0. The summed E-state index contributed by atoms with van der Waals surface area (Å²) in [6.45, 7) is 6.43. The molecule has 106 valence electrons. The molecule has 0 amide bonds. The molecule has 0 spiro atoms. The molecule has 1 aromatic rings. The largest absolute Gasteiger partial charge is 0.381 e. The summed E-state index contributed by atoms with van der Waals surface area (Å²) in [5.74, 6) is 0. The number of nitrogens with zero attached hydrogens (tertiary/aromatic N) is 1. The van der Waals surface area contributed by atoms with Crippen molar-refractivity contribution in [3.05, 3.63) is 24.3 Å². The summed E-state index contributed by atoms with van der Waals surface area (Å²) in [6, 6.07) is 7.58. The van der Waals surface area contributed by atoms with E-state index in [1.165, 1.54) is 6.07 Å². The van der Waals surface area contributed by atoms with Gasteiger partial charge in [-0.15, -0.1) is 0 Å². The SMILES string of the molecule is CC(C)N1CCC(Nc2cccc(S(N)(=O)=O)c2)C1. The van der Waals surface area contributed by atoms with E-state index in [0.717, 1.165) is 25.2 Å². The van der Waals surface area contributed by atoms with Crippen molar-refractivity contribution in [2.45, 2.75) is 37.2 Å². The number of anilines is 1. The molecule has 0 bridgehead atoms. The number of primary sulfonamides is 1. The third-order valence-corrected chi connectivity index (χ3v) is 4.39. The van der Waals surface area contributed by atoms with Crippen LogP contribution in [0.25, 0.3) is 0 Å². The average Bonchev–Trinajstić information content (AvgIpc) is 2.77. The summed E-state index contributed by atoms with van der Waals surface area (Å²) in [4.78, 5) is 2.55. The topological polar surface area (TPSA) is 75.4 Å². The molecule has 2 rings (SSSR count). The maximum absolute atomic E-state index is 11.3. The van der Waals surface area contributed by atoms with E-state index in [-0.39, 0.29) is 4.90 Å². The van der Waals surface area contributed by atoms with Gasteiger partial charge < -0.3 is 5.32 Å². The summed E-state index contributed by atoms with van der Waals surface area (Å²) in [7, 11) is -3.63. The van der Waals surface area contributed by atoms with E-state index in [9.17, 15) is 8.42 Å². The molecule has 6 heteroatoms. The fraction of sp³-hybridized carbons (Fsp3) is 0.538. The van der Waals surface area contributed by atoms with Crippen molar-refractivity contribution in [3.63, 3.8) is 0 Å². The lowest BCUT2D eigenvalue weighted by Gasteiger charge is -2.21. The fourth-order valence-electron chi connectivity index (χ4n) is 2.37. The van der Waals surface area contributed by atoms with Gasteiger partial charge in [-0.05, 0) is 38.5 Å². The van der Waals surface area contributed by atoms with E-state index in [2.05, 4.69) is 24.1 Å². The monoisotopic (exact) mass is 283 g/mol. The Morgan fingerprint density at radius 2 is 2.16 bits per heavy atom. The Hall–Kier alpha value is -1.11. The molecule has 1 aliphatic rings. The van der Waals surface area contributed by atoms with E-state index < -0.39 is 10.0 Å². The third-order valence-electron chi connectivity index (χ3n) is 3.48. The summed E-state index contributed by atoms with van der Waals surface area (Å²) in [6.07, 6.45) is 1.07. The molecular weight excluding hydrogens is 262 g/mol. The van der Waals surface area contributed by atoms with Crippen molar-refractivity contribution in [1.82, 2.24) is 4.90 Å². The number of sulfonamides is 1. The van der Waals surface area contributed by atoms with Crippen LogP contribution in [0.4, 0.5) is 5.69 Å². The summed E-state index contributed by atoms with van der Waals surface area (Å²) < 4.78 is 22.6. The number of nitrogens with one attached hydrogen (secondary N) is 1. The molecule has 5 nitrogen and oxygen atoms in total. The maximum Gasteiger partial charge on any atom is 0.238 e. The summed E-state index contributed by atoms with van der Waals surface area (Å²) in [5, 5.41) is 8.51. The van der Waals surface area contributed by atoms with Gasteiger partial charge in [-0.3, -0.25) is 4.90 Å². The number of rotatable bonds is 4. The van der Waals surface area contributed by atoms with Gasteiger partial charge in [0.05, 0.1) is 4.90 Å². The molecule has 1 aromatic carbocycles. The van der Waals surface area contributed by atoms with Crippen LogP contribution in [0.15, 0.2) is 29.2 Å². The van der Waals surface area contributed by atoms with Crippen LogP contribution in [0.3, 0.4) is 0 Å². The molecule has 1 fully saturated rings. The molecule has 0 radical (unpaired) electrons. The molecule has 0 aliphatic carbocycles. The van der Waals surface area contributed by atoms with Crippen LogP contribution < -0.4 is 10.5 Å². The van der Waals surface area contributed by atoms with Gasteiger partial charge in [0.1, 0.15) is 0 Å². The second-order valence-corrected chi connectivity index (χ2v) is 6.85. The molecule has 3 N–H and O–H groups in total. The van der Waals surface area contributed by atoms with Crippen LogP contribution in [-0.4, -0.2) is 38.5 Å². The standard InChI is InChI=1S/C13H21N3O2S/c1-10(2)16-7-6-12(9-16)15-11-4-3-5-13(8-11)19(14,17)18/h3-5,8,10,12,15H,6-7,9H2,1-2H3,(H2,14,17,18). The minimum Gasteiger partial charge on any atom is -0.381 e. The number of likely N-dealkylation sites (tertiary alicyclic amines) is 1. The van der Waals surface area contributed by atoms with Gasteiger partial charge in [0, 0.05) is 30.9 Å². The summed E-state index contributed by atoms with van der Waals surface area (Å²) in [5.41, 5.74) is 0.808. The Morgan fingerprint density at radius 3 is 2.74 bits per heavy atom. The highest BCUT2D eigenvalue weighted by Crippen LogP contribution is 2.19. The molecule has 1 saturated heterocycles. The predicted octanol–water partition coefficient (Wildman–Crippen LogP) is 1.23. The molecule has 1 aliphatic heterocycles. The number of nitrogens with two attached hydrogens (primary N) is 1. The Kier molecular flexibility index (Phi) is 4.13. The first-order valence-corrected chi connectivity index (χ1v) is 8.04. The highest BCUT2D eigenvalue weighted by molar-refractivity contribution is 7.89. The van der Waals surface area contributed by atoms with Crippen LogP contribution in [0.1, 0.15) is 20.3 Å². The highest BCUT2D eigenvalue weighted by Gasteiger charge is 2.24. The number of benzene rings is 1. The van der Waals surface area contributed by atoms with E-state index in [4.69, 9.17) is 5.14 Å². The maximum atomic E-state index is 11.3.